The van der Waals surface area contributed by atoms with Crippen LogP contribution >= 0.6 is 0 Å². The number of hydrogen-bond acceptors (Lipinski definition) is 1. The van der Waals surface area contributed by atoms with Gasteiger partial charge in [0.1, 0.15) is 0 Å². The SMILES string of the molecule is C#CCCCC1CCNCC1. The summed E-state index contributed by atoms with van der Waals surface area (Å²) in [6.07, 6.45) is 11.4. The smallest absolute Gasteiger partial charge is 0.00861 e. The van der Waals surface area contributed by atoms with Crippen LogP contribution in [0.3, 0.4) is 0 Å². The highest BCUT2D eigenvalue weighted by atomic mass is 14.9. The molecule has 1 rings (SSSR count). The van der Waals surface area contributed by atoms with E-state index in [-0.39, 0.29) is 0 Å². The van der Waals surface area contributed by atoms with Gasteiger partial charge in [-0.15, -0.1) is 12.3 Å². The molecule has 0 spiro atoms. The Morgan fingerprint density at radius 3 is 2.73 bits per heavy atom. The lowest BCUT2D eigenvalue weighted by molar-refractivity contribution is 0.348. The highest BCUT2D eigenvalue weighted by Crippen LogP contribution is 2.18. The quantitative estimate of drug-likeness (QED) is 0.479. The number of hydrogen-bond donors (Lipinski definition) is 1. The molecule has 0 radical (unpaired) electrons. The molecule has 0 aromatic rings. The molecule has 0 bridgehead atoms. The maximum Gasteiger partial charge on any atom is 0.00861 e. The second kappa shape index (κ2) is 5.21. The van der Waals surface area contributed by atoms with Gasteiger partial charge in [-0.25, -0.2) is 0 Å². The fourth-order valence-electron chi connectivity index (χ4n) is 1.66. The van der Waals surface area contributed by atoms with E-state index in [0.29, 0.717) is 0 Å². The average molecular weight is 151 g/mol. The van der Waals surface area contributed by atoms with Crippen LogP contribution in [0.4, 0.5) is 0 Å². The van der Waals surface area contributed by atoms with Crippen molar-refractivity contribution in [1.82, 2.24) is 5.32 Å². The predicted octanol–water partition coefficient (Wildman–Crippen LogP) is 1.79. The molecule has 1 heterocycles. The third-order valence-corrected chi connectivity index (χ3v) is 2.39. The number of unbranched alkanes of at least 4 members (excludes halogenated alkanes) is 1. The molecule has 1 N–H and O–H groups in total. The minimum Gasteiger partial charge on any atom is -0.317 e. The molecule has 1 heteroatoms. The van der Waals surface area contributed by atoms with Crippen LogP contribution in [0, 0.1) is 18.3 Å². The van der Waals surface area contributed by atoms with E-state index in [2.05, 4.69) is 11.2 Å². The first-order valence-corrected chi connectivity index (χ1v) is 4.57. The van der Waals surface area contributed by atoms with Gasteiger partial charge >= 0.3 is 0 Å². The number of piperidine rings is 1. The lowest BCUT2D eigenvalue weighted by Gasteiger charge is -2.21. The topological polar surface area (TPSA) is 12.0 Å². The zero-order valence-electron chi connectivity index (χ0n) is 7.10. The van der Waals surface area contributed by atoms with Gasteiger partial charge in [-0.1, -0.05) is 0 Å². The first-order valence-electron chi connectivity index (χ1n) is 4.57. The standard InChI is InChI=1S/C10H17N/c1-2-3-4-5-10-6-8-11-9-7-10/h1,10-11H,3-9H2. The Balaban J connectivity index is 2.01. The van der Waals surface area contributed by atoms with E-state index in [1.807, 2.05) is 0 Å². The van der Waals surface area contributed by atoms with E-state index in [0.717, 1.165) is 12.3 Å². The van der Waals surface area contributed by atoms with E-state index >= 15 is 0 Å². The van der Waals surface area contributed by atoms with E-state index in [4.69, 9.17) is 6.42 Å². The van der Waals surface area contributed by atoms with Crippen LogP contribution in [0.2, 0.25) is 0 Å². The summed E-state index contributed by atoms with van der Waals surface area (Å²) < 4.78 is 0. The van der Waals surface area contributed by atoms with Gasteiger partial charge in [0.25, 0.3) is 0 Å². The third kappa shape index (κ3) is 3.43. The summed E-state index contributed by atoms with van der Waals surface area (Å²) in [5.41, 5.74) is 0. The Morgan fingerprint density at radius 1 is 1.36 bits per heavy atom. The second-order valence-electron chi connectivity index (χ2n) is 3.29. The zero-order valence-corrected chi connectivity index (χ0v) is 7.10. The minimum atomic E-state index is 0.949. The van der Waals surface area contributed by atoms with E-state index in [1.54, 1.807) is 0 Å². The molecule has 11 heavy (non-hydrogen) atoms. The fourth-order valence-corrected chi connectivity index (χ4v) is 1.66. The first kappa shape index (κ1) is 8.62. The van der Waals surface area contributed by atoms with Gasteiger partial charge in [0.2, 0.25) is 0 Å². The van der Waals surface area contributed by atoms with Crippen molar-refractivity contribution in [3.63, 3.8) is 0 Å². The van der Waals surface area contributed by atoms with Gasteiger partial charge in [-0.3, -0.25) is 0 Å². The first-order chi connectivity index (χ1) is 5.43. The summed E-state index contributed by atoms with van der Waals surface area (Å²) >= 11 is 0. The monoisotopic (exact) mass is 151 g/mol. The van der Waals surface area contributed by atoms with Gasteiger partial charge in [-0.2, -0.15) is 0 Å². The molecule has 62 valence electrons. The highest BCUT2D eigenvalue weighted by Gasteiger charge is 2.11. The van der Waals surface area contributed by atoms with Crippen molar-refractivity contribution in [3.8, 4) is 12.3 Å². The van der Waals surface area contributed by atoms with Crippen LogP contribution in [-0.2, 0) is 0 Å². The van der Waals surface area contributed by atoms with Crippen LogP contribution in [0.15, 0.2) is 0 Å². The molecular weight excluding hydrogens is 134 g/mol. The van der Waals surface area contributed by atoms with E-state index < -0.39 is 0 Å². The van der Waals surface area contributed by atoms with E-state index in [9.17, 15) is 0 Å². The van der Waals surface area contributed by atoms with Crippen LogP contribution in [0.25, 0.3) is 0 Å². The molecule has 0 aromatic heterocycles. The van der Waals surface area contributed by atoms with Crippen molar-refractivity contribution in [1.29, 1.82) is 0 Å². The molecule has 1 aliphatic rings. The molecule has 0 atom stereocenters. The summed E-state index contributed by atoms with van der Waals surface area (Å²) in [5, 5.41) is 3.36. The van der Waals surface area contributed by atoms with Crippen molar-refractivity contribution in [2.75, 3.05) is 13.1 Å². The summed E-state index contributed by atoms with van der Waals surface area (Å²) in [4.78, 5) is 0. The summed E-state index contributed by atoms with van der Waals surface area (Å²) in [6, 6.07) is 0. The largest absolute Gasteiger partial charge is 0.317 e. The van der Waals surface area contributed by atoms with Gasteiger partial charge < -0.3 is 5.32 Å². The molecule has 0 aliphatic carbocycles. The predicted molar refractivity (Wildman–Crippen MR) is 48.3 cm³/mol. The molecule has 1 aliphatic heterocycles. The van der Waals surface area contributed by atoms with Crippen LogP contribution < -0.4 is 5.32 Å². The van der Waals surface area contributed by atoms with Gasteiger partial charge in [0.05, 0.1) is 0 Å². The lowest BCUT2D eigenvalue weighted by atomic mass is 9.93. The van der Waals surface area contributed by atoms with Crippen molar-refractivity contribution in [3.05, 3.63) is 0 Å². The Morgan fingerprint density at radius 2 is 2.09 bits per heavy atom. The summed E-state index contributed by atoms with van der Waals surface area (Å²) in [6.45, 7) is 2.42. The second-order valence-corrected chi connectivity index (χ2v) is 3.29. The maximum atomic E-state index is 5.18. The minimum absolute atomic E-state index is 0.949. The van der Waals surface area contributed by atoms with Gasteiger partial charge in [0, 0.05) is 6.42 Å². The van der Waals surface area contributed by atoms with Gasteiger partial charge in [-0.05, 0) is 44.7 Å². The van der Waals surface area contributed by atoms with Crippen molar-refractivity contribution >= 4 is 0 Å². The van der Waals surface area contributed by atoms with Crippen molar-refractivity contribution in [2.24, 2.45) is 5.92 Å². The molecular formula is C10H17N. The van der Waals surface area contributed by atoms with Crippen LogP contribution in [0.1, 0.15) is 32.1 Å². The highest BCUT2D eigenvalue weighted by molar-refractivity contribution is 4.83. The number of terminal acetylenes is 1. The number of rotatable bonds is 3. The Bertz CT molecular complexity index is 128. The summed E-state index contributed by atoms with van der Waals surface area (Å²) in [5.74, 6) is 3.64. The Hall–Kier alpha value is -0.480. The third-order valence-electron chi connectivity index (χ3n) is 2.39. The average Bonchev–Trinajstić information content (AvgIpc) is 2.07. The molecule has 1 fully saturated rings. The van der Waals surface area contributed by atoms with Crippen molar-refractivity contribution in [2.45, 2.75) is 32.1 Å². The molecule has 0 saturated carbocycles. The van der Waals surface area contributed by atoms with Crippen LogP contribution in [-0.4, -0.2) is 13.1 Å². The zero-order chi connectivity index (χ0) is 7.94. The Labute approximate surface area is 69.6 Å². The lowest BCUT2D eigenvalue weighted by Crippen LogP contribution is -2.27. The van der Waals surface area contributed by atoms with Crippen molar-refractivity contribution < 1.29 is 0 Å². The van der Waals surface area contributed by atoms with E-state index in [1.165, 1.54) is 38.8 Å². The molecule has 0 amide bonds. The maximum absolute atomic E-state index is 5.18. The van der Waals surface area contributed by atoms with Gasteiger partial charge in [0.15, 0.2) is 0 Å². The molecule has 0 aromatic carbocycles. The molecule has 0 unspecified atom stereocenters. The molecule has 1 saturated heterocycles. The fraction of sp³-hybridized carbons (Fsp3) is 0.800. The molecule has 1 nitrogen and oxygen atoms in total. The normalized spacial score (nSPS) is 19.5. The Kier molecular flexibility index (Phi) is 4.08. The number of nitrogens with one attached hydrogen (secondary N) is 1. The summed E-state index contributed by atoms with van der Waals surface area (Å²) in [7, 11) is 0. The van der Waals surface area contributed by atoms with Crippen LogP contribution in [0.5, 0.6) is 0 Å².